The summed E-state index contributed by atoms with van der Waals surface area (Å²) in [7, 11) is 0. The fourth-order valence-electron chi connectivity index (χ4n) is 1.69. The van der Waals surface area contributed by atoms with Gasteiger partial charge in [0.25, 0.3) is 0 Å². The van der Waals surface area contributed by atoms with E-state index in [1.54, 1.807) is 0 Å². The van der Waals surface area contributed by atoms with Gasteiger partial charge in [0.15, 0.2) is 0 Å². The van der Waals surface area contributed by atoms with Gasteiger partial charge < -0.3 is 4.74 Å². The standard InChI is InChI=1S/C15H22O2/c1-2-8-15(16)11-6-7-12-17-13-14-9-4-3-5-10-14/h3-5,9-10H,2,6-8,11-13H2,1H3. The van der Waals surface area contributed by atoms with Crippen LogP contribution in [0.2, 0.25) is 0 Å². The number of hydrogen-bond acceptors (Lipinski definition) is 2. The third-order valence-electron chi connectivity index (χ3n) is 2.63. The quantitative estimate of drug-likeness (QED) is 0.608. The van der Waals surface area contributed by atoms with Gasteiger partial charge in [0.1, 0.15) is 5.78 Å². The fourth-order valence-corrected chi connectivity index (χ4v) is 1.69. The molecule has 0 atom stereocenters. The Morgan fingerprint density at radius 3 is 2.59 bits per heavy atom. The van der Waals surface area contributed by atoms with E-state index in [0.717, 1.165) is 32.3 Å². The molecule has 94 valence electrons. The van der Waals surface area contributed by atoms with Gasteiger partial charge in [-0.25, -0.2) is 0 Å². The lowest BCUT2D eigenvalue weighted by atomic mass is 10.1. The molecule has 0 bridgehead atoms. The Kier molecular flexibility index (Phi) is 7.32. The Hall–Kier alpha value is -1.15. The molecule has 2 nitrogen and oxygen atoms in total. The van der Waals surface area contributed by atoms with Gasteiger partial charge in [-0.3, -0.25) is 4.79 Å². The lowest BCUT2D eigenvalue weighted by Crippen LogP contribution is -1.99. The van der Waals surface area contributed by atoms with Gasteiger partial charge in [0.05, 0.1) is 6.61 Å². The largest absolute Gasteiger partial charge is 0.377 e. The predicted octanol–water partition coefficient (Wildman–Crippen LogP) is 3.74. The highest BCUT2D eigenvalue weighted by molar-refractivity contribution is 5.78. The van der Waals surface area contributed by atoms with Crippen molar-refractivity contribution in [3.8, 4) is 0 Å². The maximum absolute atomic E-state index is 11.3. The maximum Gasteiger partial charge on any atom is 0.132 e. The van der Waals surface area contributed by atoms with Crippen LogP contribution in [0.5, 0.6) is 0 Å². The van der Waals surface area contributed by atoms with Crippen molar-refractivity contribution in [1.82, 2.24) is 0 Å². The molecule has 0 aliphatic rings. The summed E-state index contributed by atoms with van der Waals surface area (Å²) in [5.74, 6) is 0.385. The smallest absolute Gasteiger partial charge is 0.132 e. The summed E-state index contributed by atoms with van der Waals surface area (Å²) in [6, 6.07) is 10.2. The second-order valence-corrected chi connectivity index (χ2v) is 4.28. The number of rotatable bonds is 9. The first-order valence-electron chi connectivity index (χ1n) is 6.46. The topological polar surface area (TPSA) is 26.3 Å². The van der Waals surface area contributed by atoms with Crippen LogP contribution >= 0.6 is 0 Å². The monoisotopic (exact) mass is 234 g/mol. The van der Waals surface area contributed by atoms with E-state index in [2.05, 4.69) is 12.1 Å². The average Bonchev–Trinajstić information content (AvgIpc) is 2.35. The number of Topliss-reactive ketones (excluding diaryl/α,β-unsaturated/α-hetero) is 1. The minimum atomic E-state index is 0.385. The Labute approximate surface area is 104 Å². The first kappa shape index (κ1) is 13.9. The van der Waals surface area contributed by atoms with Crippen molar-refractivity contribution < 1.29 is 9.53 Å². The highest BCUT2D eigenvalue weighted by Gasteiger charge is 1.99. The number of unbranched alkanes of at least 4 members (excludes halogenated alkanes) is 1. The molecule has 0 fully saturated rings. The molecule has 0 saturated heterocycles. The Morgan fingerprint density at radius 2 is 1.88 bits per heavy atom. The molecule has 2 heteroatoms. The highest BCUT2D eigenvalue weighted by atomic mass is 16.5. The molecular formula is C15H22O2. The van der Waals surface area contributed by atoms with Gasteiger partial charge in [0.2, 0.25) is 0 Å². The van der Waals surface area contributed by atoms with Crippen LogP contribution in [-0.4, -0.2) is 12.4 Å². The summed E-state index contributed by atoms with van der Waals surface area (Å²) in [5.41, 5.74) is 1.20. The first-order chi connectivity index (χ1) is 8.33. The van der Waals surface area contributed by atoms with E-state index < -0.39 is 0 Å². The maximum atomic E-state index is 11.3. The number of ether oxygens (including phenoxy) is 1. The van der Waals surface area contributed by atoms with Gasteiger partial charge in [0, 0.05) is 19.4 Å². The number of benzene rings is 1. The lowest BCUT2D eigenvalue weighted by molar-refractivity contribution is -0.119. The molecule has 0 unspecified atom stereocenters. The zero-order chi connectivity index (χ0) is 12.3. The zero-order valence-electron chi connectivity index (χ0n) is 10.7. The second-order valence-electron chi connectivity index (χ2n) is 4.28. The van der Waals surface area contributed by atoms with Gasteiger partial charge in [-0.05, 0) is 24.8 Å². The third kappa shape index (κ3) is 6.90. The predicted molar refractivity (Wildman–Crippen MR) is 69.9 cm³/mol. The van der Waals surface area contributed by atoms with Crippen molar-refractivity contribution in [3.05, 3.63) is 35.9 Å². The number of hydrogen-bond donors (Lipinski definition) is 0. The molecule has 0 amide bonds. The van der Waals surface area contributed by atoms with Crippen LogP contribution in [-0.2, 0) is 16.1 Å². The molecule has 1 rings (SSSR count). The van der Waals surface area contributed by atoms with Gasteiger partial charge in [-0.2, -0.15) is 0 Å². The van der Waals surface area contributed by atoms with E-state index in [9.17, 15) is 4.79 Å². The fraction of sp³-hybridized carbons (Fsp3) is 0.533. The molecule has 0 N–H and O–H groups in total. The lowest BCUT2D eigenvalue weighted by Gasteiger charge is -2.04. The molecule has 0 aliphatic carbocycles. The molecule has 0 aromatic heterocycles. The summed E-state index contributed by atoms with van der Waals surface area (Å²) in [6.45, 7) is 3.46. The summed E-state index contributed by atoms with van der Waals surface area (Å²) in [6.07, 6.45) is 4.33. The molecule has 1 aromatic rings. The summed E-state index contributed by atoms with van der Waals surface area (Å²) < 4.78 is 5.55. The van der Waals surface area contributed by atoms with E-state index in [-0.39, 0.29) is 0 Å². The van der Waals surface area contributed by atoms with Crippen LogP contribution in [0.3, 0.4) is 0 Å². The Bertz CT molecular complexity index is 306. The van der Waals surface area contributed by atoms with Gasteiger partial charge in [-0.15, -0.1) is 0 Å². The van der Waals surface area contributed by atoms with Crippen molar-refractivity contribution in [2.45, 2.75) is 45.6 Å². The van der Waals surface area contributed by atoms with Crippen molar-refractivity contribution >= 4 is 5.78 Å². The molecule has 0 spiro atoms. The number of ketones is 1. The normalized spacial score (nSPS) is 10.4. The van der Waals surface area contributed by atoms with Gasteiger partial charge in [-0.1, -0.05) is 37.3 Å². The van der Waals surface area contributed by atoms with Crippen LogP contribution in [0.4, 0.5) is 0 Å². The number of carbonyl (C=O) groups excluding carboxylic acids is 1. The molecule has 1 aromatic carbocycles. The Balaban J connectivity index is 1.96. The van der Waals surface area contributed by atoms with E-state index in [1.807, 2.05) is 25.1 Å². The SMILES string of the molecule is CCCC(=O)CCCCOCc1ccccc1. The summed E-state index contributed by atoms with van der Waals surface area (Å²) >= 11 is 0. The molecule has 0 heterocycles. The molecule has 0 radical (unpaired) electrons. The van der Waals surface area contributed by atoms with Crippen molar-refractivity contribution in [3.63, 3.8) is 0 Å². The molecule has 17 heavy (non-hydrogen) atoms. The average molecular weight is 234 g/mol. The van der Waals surface area contributed by atoms with Gasteiger partial charge >= 0.3 is 0 Å². The number of carbonyl (C=O) groups is 1. The van der Waals surface area contributed by atoms with Crippen LogP contribution in [0.25, 0.3) is 0 Å². The van der Waals surface area contributed by atoms with Crippen molar-refractivity contribution in [2.24, 2.45) is 0 Å². The van der Waals surface area contributed by atoms with Crippen LogP contribution in [0.15, 0.2) is 30.3 Å². The van der Waals surface area contributed by atoms with E-state index in [1.165, 1.54) is 5.56 Å². The minimum absolute atomic E-state index is 0.385. The third-order valence-corrected chi connectivity index (χ3v) is 2.63. The molecular weight excluding hydrogens is 212 g/mol. The van der Waals surface area contributed by atoms with Crippen LogP contribution < -0.4 is 0 Å². The molecule has 0 aliphatic heterocycles. The van der Waals surface area contributed by atoms with Crippen LogP contribution in [0, 0.1) is 0 Å². The highest BCUT2D eigenvalue weighted by Crippen LogP contribution is 2.04. The van der Waals surface area contributed by atoms with Crippen LogP contribution in [0.1, 0.15) is 44.6 Å². The first-order valence-corrected chi connectivity index (χ1v) is 6.46. The summed E-state index contributed by atoms with van der Waals surface area (Å²) in [5, 5.41) is 0. The minimum Gasteiger partial charge on any atom is -0.377 e. The van der Waals surface area contributed by atoms with Crippen molar-refractivity contribution in [1.29, 1.82) is 0 Å². The van der Waals surface area contributed by atoms with Crippen molar-refractivity contribution in [2.75, 3.05) is 6.61 Å². The second kappa shape index (κ2) is 8.94. The molecule has 0 saturated carbocycles. The Morgan fingerprint density at radius 1 is 1.12 bits per heavy atom. The van der Waals surface area contributed by atoms with E-state index >= 15 is 0 Å². The summed E-state index contributed by atoms with van der Waals surface area (Å²) in [4.78, 5) is 11.3. The van der Waals surface area contributed by atoms with E-state index in [4.69, 9.17) is 4.74 Å². The van der Waals surface area contributed by atoms with E-state index in [0.29, 0.717) is 18.8 Å². The zero-order valence-corrected chi connectivity index (χ0v) is 10.7.